The van der Waals surface area contributed by atoms with Crippen molar-refractivity contribution < 1.29 is 9.53 Å². The molecule has 2 N–H and O–H groups in total. The van der Waals surface area contributed by atoms with Gasteiger partial charge >= 0.3 is 0 Å². The third-order valence-corrected chi connectivity index (χ3v) is 3.52. The Morgan fingerprint density at radius 2 is 2.14 bits per heavy atom. The lowest BCUT2D eigenvalue weighted by Gasteiger charge is -2.11. The van der Waals surface area contributed by atoms with Gasteiger partial charge in [0.15, 0.2) is 0 Å². The van der Waals surface area contributed by atoms with E-state index in [1.165, 1.54) is 0 Å². The Labute approximate surface area is 135 Å². The summed E-state index contributed by atoms with van der Waals surface area (Å²) < 4.78 is 5.83. The van der Waals surface area contributed by atoms with Crippen LogP contribution >= 0.6 is 27.5 Å². The van der Waals surface area contributed by atoms with Crippen molar-refractivity contribution in [2.75, 3.05) is 24.8 Å². The first kappa shape index (κ1) is 15.6. The van der Waals surface area contributed by atoms with Crippen LogP contribution in [0.3, 0.4) is 0 Å². The van der Waals surface area contributed by atoms with Crippen LogP contribution in [-0.4, -0.2) is 25.0 Å². The van der Waals surface area contributed by atoms with Gasteiger partial charge in [0.1, 0.15) is 11.6 Å². The minimum Gasteiger partial charge on any atom is -0.497 e. The lowest BCUT2D eigenvalue weighted by Crippen LogP contribution is -2.15. The number of carbonyl (C=O) groups is 1. The number of nitrogens with one attached hydrogen (secondary N) is 2. The molecule has 1 aromatic heterocycles. The van der Waals surface area contributed by atoms with E-state index in [1.807, 2.05) is 0 Å². The zero-order valence-corrected chi connectivity index (χ0v) is 13.7. The maximum atomic E-state index is 12.4. The number of pyridine rings is 1. The second-order valence-corrected chi connectivity index (χ2v) is 5.42. The molecule has 0 fully saturated rings. The SMILES string of the molecule is CNc1ncc(Br)cc1C(=O)Nc1cc(OC)ccc1Cl. The van der Waals surface area contributed by atoms with Crippen molar-refractivity contribution in [3.05, 3.63) is 45.5 Å². The third kappa shape index (κ3) is 3.65. The summed E-state index contributed by atoms with van der Waals surface area (Å²) in [5.41, 5.74) is 0.883. The fourth-order valence-corrected chi connectivity index (χ4v) is 2.22. The minimum absolute atomic E-state index is 0.316. The number of hydrogen-bond acceptors (Lipinski definition) is 4. The van der Waals surface area contributed by atoms with Gasteiger partial charge in [-0.15, -0.1) is 0 Å². The van der Waals surface area contributed by atoms with E-state index in [1.54, 1.807) is 44.6 Å². The van der Waals surface area contributed by atoms with Gasteiger partial charge in [-0.2, -0.15) is 0 Å². The predicted molar refractivity (Wildman–Crippen MR) is 87.4 cm³/mol. The van der Waals surface area contributed by atoms with Gasteiger partial charge in [0, 0.05) is 23.8 Å². The van der Waals surface area contributed by atoms with Crippen molar-refractivity contribution in [2.24, 2.45) is 0 Å². The number of rotatable bonds is 4. The predicted octanol–water partition coefficient (Wildman–Crippen LogP) is 3.80. The molecule has 1 heterocycles. The fourth-order valence-electron chi connectivity index (χ4n) is 1.73. The summed E-state index contributed by atoms with van der Waals surface area (Å²) in [7, 11) is 3.25. The number of anilines is 2. The zero-order chi connectivity index (χ0) is 15.4. The number of benzene rings is 1. The van der Waals surface area contributed by atoms with Crippen LogP contribution in [0.2, 0.25) is 5.02 Å². The van der Waals surface area contributed by atoms with Crippen molar-refractivity contribution in [3.8, 4) is 5.75 Å². The Hall–Kier alpha value is -1.79. The molecule has 0 unspecified atom stereocenters. The first-order valence-corrected chi connectivity index (χ1v) is 7.20. The van der Waals surface area contributed by atoms with Gasteiger partial charge in [-0.3, -0.25) is 4.79 Å². The minimum atomic E-state index is -0.316. The summed E-state index contributed by atoms with van der Waals surface area (Å²) >= 11 is 9.38. The van der Waals surface area contributed by atoms with E-state index in [4.69, 9.17) is 16.3 Å². The second-order valence-electron chi connectivity index (χ2n) is 4.10. The molecule has 1 amide bonds. The summed E-state index contributed by atoms with van der Waals surface area (Å²) in [6.45, 7) is 0. The lowest BCUT2D eigenvalue weighted by molar-refractivity contribution is 0.102. The Balaban J connectivity index is 2.32. The topological polar surface area (TPSA) is 63.2 Å². The first-order chi connectivity index (χ1) is 10.0. The number of aromatic nitrogens is 1. The molecule has 0 saturated carbocycles. The molecule has 0 radical (unpaired) electrons. The summed E-state index contributed by atoms with van der Waals surface area (Å²) in [6, 6.07) is 6.72. The molecule has 0 bridgehead atoms. The van der Waals surface area contributed by atoms with E-state index in [2.05, 4.69) is 31.5 Å². The molecule has 2 rings (SSSR count). The third-order valence-electron chi connectivity index (χ3n) is 2.76. The molecule has 2 aromatic rings. The van der Waals surface area contributed by atoms with Gasteiger partial charge in [-0.1, -0.05) is 11.6 Å². The van der Waals surface area contributed by atoms with Gasteiger partial charge in [-0.05, 0) is 34.1 Å². The van der Waals surface area contributed by atoms with Crippen molar-refractivity contribution in [2.45, 2.75) is 0 Å². The summed E-state index contributed by atoms with van der Waals surface area (Å²) in [5, 5.41) is 6.06. The Bertz CT molecular complexity index is 679. The maximum absolute atomic E-state index is 12.4. The van der Waals surface area contributed by atoms with Crippen molar-refractivity contribution in [3.63, 3.8) is 0 Å². The highest BCUT2D eigenvalue weighted by atomic mass is 79.9. The van der Waals surface area contributed by atoms with Crippen LogP contribution in [0.5, 0.6) is 5.75 Å². The molecular formula is C14H13BrClN3O2. The van der Waals surface area contributed by atoms with Crippen molar-refractivity contribution >= 4 is 44.9 Å². The molecule has 1 aromatic carbocycles. The van der Waals surface area contributed by atoms with E-state index >= 15 is 0 Å². The van der Waals surface area contributed by atoms with Crippen LogP contribution in [0.4, 0.5) is 11.5 Å². The normalized spacial score (nSPS) is 10.1. The average molecular weight is 371 g/mol. The number of methoxy groups -OCH3 is 1. The van der Waals surface area contributed by atoms with Gasteiger partial charge in [0.2, 0.25) is 0 Å². The molecule has 0 saturated heterocycles. The second kappa shape index (κ2) is 6.78. The molecule has 0 aliphatic heterocycles. The highest BCUT2D eigenvalue weighted by Crippen LogP contribution is 2.28. The van der Waals surface area contributed by atoms with Crippen LogP contribution in [0.25, 0.3) is 0 Å². The molecular weight excluding hydrogens is 358 g/mol. The van der Waals surface area contributed by atoms with Gasteiger partial charge in [0.05, 0.1) is 23.4 Å². The number of nitrogens with zero attached hydrogens (tertiary/aromatic N) is 1. The smallest absolute Gasteiger partial charge is 0.259 e. The number of halogens is 2. The number of hydrogen-bond donors (Lipinski definition) is 2. The zero-order valence-electron chi connectivity index (χ0n) is 11.4. The number of ether oxygens (including phenoxy) is 1. The van der Waals surface area contributed by atoms with E-state index in [-0.39, 0.29) is 5.91 Å². The van der Waals surface area contributed by atoms with Crippen LogP contribution in [-0.2, 0) is 0 Å². The van der Waals surface area contributed by atoms with Gasteiger partial charge in [0.25, 0.3) is 5.91 Å². The first-order valence-electron chi connectivity index (χ1n) is 6.03. The molecule has 0 aliphatic carbocycles. The molecule has 0 aliphatic rings. The quantitative estimate of drug-likeness (QED) is 0.859. The standard InChI is InChI=1S/C14H13BrClN3O2/c1-17-13-10(5-8(15)7-18-13)14(20)19-12-6-9(21-2)3-4-11(12)16/h3-7H,1-2H3,(H,17,18)(H,19,20). The van der Waals surface area contributed by atoms with Crippen molar-refractivity contribution in [1.29, 1.82) is 0 Å². The highest BCUT2D eigenvalue weighted by molar-refractivity contribution is 9.10. The molecule has 0 atom stereocenters. The summed E-state index contributed by atoms with van der Waals surface area (Å²) in [5.74, 6) is 0.772. The van der Waals surface area contributed by atoms with E-state index < -0.39 is 0 Å². The van der Waals surface area contributed by atoms with Crippen LogP contribution in [0, 0.1) is 0 Å². The Morgan fingerprint density at radius 1 is 1.38 bits per heavy atom. The average Bonchev–Trinajstić information content (AvgIpc) is 2.49. The molecule has 21 heavy (non-hydrogen) atoms. The monoisotopic (exact) mass is 369 g/mol. The van der Waals surface area contributed by atoms with Crippen LogP contribution in [0.15, 0.2) is 34.9 Å². The van der Waals surface area contributed by atoms with Gasteiger partial charge in [-0.25, -0.2) is 4.98 Å². The number of amides is 1. The van der Waals surface area contributed by atoms with E-state index in [0.717, 1.165) is 0 Å². The van der Waals surface area contributed by atoms with Crippen molar-refractivity contribution in [1.82, 2.24) is 4.98 Å². The summed E-state index contributed by atoms with van der Waals surface area (Å²) in [4.78, 5) is 16.5. The fraction of sp³-hybridized carbons (Fsp3) is 0.143. The summed E-state index contributed by atoms with van der Waals surface area (Å²) in [6.07, 6.45) is 1.61. The van der Waals surface area contributed by atoms with Crippen LogP contribution < -0.4 is 15.4 Å². The molecule has 7 heteroatoms. The van der Waals surface area contributed by atoms with Crippen LogP contribution in [0.1, 0.15) is 10.4 Å². The molecule has 110 valence electrons. The molecule has 0 spiro atoms. The highest BCUT2D eigenvalue weighted by Gasteiger charge is 2.14. The van der Waals surface area contributed by atoms with E-state index in [0.29, 0.717) is 32.3 Å². The Kier molecular flexibility index (Phi) is 5.03. The molecule has 5 nitrogen and oxygen atoms in total. The maximum Gasteiger partial charge on any atom is 0.259 e. The van der Waals surface area contributed by atoms with E-state index in [9.17, 15) is 4.79 Å². The largest absolute Gasteiger partial charge is 0.497 e. The number of carbonyl (C=O) groups excluding carboxylic acids is 1. The van der Waals surface area contributed by atoms with Gasteiger partial charge < -0.3 is 15.4 Å². The Morgan fingerprint density at radius 3 is 2.81 bits per heavy atom. The lowest BCUT2D eigenvalue weighted by atomic mass is 10.2.